The van der Waals surface area contributed by atoms with Crippen LogP contribution in [0.1, 0.15) is 24.0 Å². The van der Waals surface area contributed by atoms with Crippen molar-refractivity contribution in [3.05, 3.63) is 64.4 Å². The first-order valence-corrected chi connectivity index (χ1v) is 11.9. The fraction of sp³-hybridized carbons (Fsp3) is 0.278. The molecular formula is C18H13ClF4N2O4S2. The number of hydrogen-bond donors (Lipinski definition) is 1. The molecule has 0 bridgehead atoms. The third-order valence-corrected chi connectivity index (χ3v) is 8.99. The van der Waals surface area contributed by atoms with Gasteiger partial charge < -0.3 is 0 Å². The molecule has 6 nitrogen and oxygen atoms in total. The van der Waals surface area contributed by atoms with Gasteiger partial charge in [0, 0.05) is 11.1 Å². The third-order valence-electron chi connectivity index (χ3n) is 5.01. The molecule has 0 spiro atoms. The second-order valence-corrected chi connectivity index (χ2v) is 11.3. The van der Waals surface area contributed by atoms with Crippen LogP contribution in [0.25, 0.3) is 0 Å². The number of sulfone groups is 1. The van der Waals surface area contributed by atoms with Crippen molar-refractivity contribution in [2.24, 2.45) is 0 Å². The number of sulfonamides is 1. The van der Waals surface area contributed by atoms with Crippen molar-refractivity contribution in [2.75, 3.05) is 0 Å². The van der Waals surface area contributed by atoms with E-state index in [1.165, 1.54) is 16.9 Å². The fourth-order valence-electron chi connectivity index (χ4n) is 3.52. The summed E-state index contributed by atoms with van der Waals surface area (Å²) in [7, 11) is -10.1. The van der Waals surface area contributed by atoms with Gasteiger partial charge in [-0.1, -0.05) is 11.6 Å². The highest BCUT2D eigenvalue weighted by Crippen LogP contribution is 2.52. The molecule has 1 aliphatic rings. The molecule has 0 radical (unpaired) electrons. The lowest BCUT2D eigenvalue weighted by Gasteiger charge is -2.47. The summed E-state index contributed by atoms with van der Waals surface area (Å²) in [4.78, 5) is -0.262. The Kier molecular flexibility index (Phi) is 5.86. The highest BCUT2D eigenvalue weighted by molar-refractivity contribution is 7.92. The van der Waals surface area contributed by atoms with Crippen LogP contribution in [0.15, 0.2) is 47.4 Å². The van der Waals surface area contributed by atoms with E-state index in [0.29, 0.717) is 0 Å². The molecule has 0 unspecified atom stereocenters. The average Bonchev–Trinajstić information content (AvgIpc) is 2.63. The minimum atomic E-state index is -5.73. The molecule has 13 heteroatoms. The lowest BCUT2D eigenvalue weighted by atomic mass is 9.74. The van der Waals surface area contributed by atoms with Gasteiger partial charge in [0.05, 0.1) is 16.5 Å². The molecular weight excluding hydrogens is 484 g/mol. The van der Waals surface area contributed by atoms with E-state index in [1.807, 2.05) is 0 Å². The summed E-state index contributed by atoms with van der Waals surface area (Å²) in [5.41, 5.74) is -6.04. The maximum Gasteiger partial charge on any atom is 0.511 e. The quantitative estimate of drug-likeness (QED) is 0.637. The molecule has 0 aliphatic heterocycles. The van der Waals surface area contributed by atoms with Gasteiger partial charge in [-0.05, 0) is 60.9 Å². The normalized spacial score (nSPS) is 21.9. The van der Waals surface area contributed by atoms with E-state index in [9.17, 15) is 39.7 Å². The van der Waals surface area contributed by atoms with Crippen molar-refractivity contribution < 1.29 is 34.4 Å². The predicted octanol–water partition coefficient (Wildman–Crippen LogP) is 3.62. The molecule has 31 heavy (non-hydrogen) atoms. The molecule has 1 aliphatic carbocycles. The molecule has 2 aromatic rings. The molecule has 1 saturated carbocycles. The van der Waals surface area contributed by atoms with Gasteiger partial charge in [-0.15, -0.1) is 0 Å². The van der Waals surface area contributed by atoms with E-state index in [0.717, 1.165) is 30.3 Å². The zero-order valence-electron chi connectivity index (χ0n) is 15.3. The first-order valence-electron chi connectivity index (χ1n) is 8.52. The molecule has 0 atom stereocenters. The van der Waals surface area contributed by atoms with E-state index in [-0.39, 0.29) is 21.0 Å². The Labute approximate surface area is 180 Å². The van der Waals surface area contributed by atoms with E-state index in [4.69, 9.17) is 11.6 Å². The Bertz CT molecular complexity index is 1270. The summed E-state index contributed by atoms with van der Waals surface area (Å²) < 4.78 is 101. The lowest BCUT2D eigenvalue weighted by Crippen LogP contribution is -2.58. The maximum absolute atomic E-state index is 14.0. The second-order valence-electron chi connectivity index (χ2n) is 6.93. The van der Waals surface area contributed by atoms with Crippen LogP contribution in [0.3, 0.4) is 0 Å². The first kappa shape index (κ1) is 23.5. The molecule has 0 aromatic heterocycles. The molecule has 0 heterocycles. The highest BCUT2D eigenvalue weighted by Gasteiger charge is 2.59. The largest absolute Gasteiger partial charge is 0.511 e. The summed E-state index contributed by atoms with van der Waals surface area (Å²) in [6.45, 7) is 0. The standard InChI is InChI=1S/C18H13ClF4N2O4S2/c19-12-2-5-15(6-3-12)30(26,27)17(16-7-13(20)4-1-11(16)10-24)8-14(9-17)25-31(28,29)18(21,22)23/h1-7,14,25H,8-9H2. The van der Waals surface area contributed by atoms with Crippen LogP contribution < -0.4 is 4.72 Å². The van der Waals surface area contributed by atoms with Gasteiger partial charge in [0.15, 0.2) is 9.84 Å². The number of benzene rings is 2. The van der Waals surface area contributed by atoms with Gasteiger partial charge in [-0.2, -0.15) is 18.4 Å². The number of nitrogens with zero attached hydrogens (tertiary/aromatic N) is 1. The molecule has 1 fully saturated rings. The SMILES string of the molecule is N#Cc1ccc(F)cc1C1(S(=O)(=O)c2ccc(Cl)cc2)CC(NS(=O)(=O)C(F)(F)F)C1. The summed E-state index contributed by atoms with van der Waals surface area (Å²) in [6.07, 6.45) is -1.27. The van der Waals surface area contributed by atoms with Crippen LogP contribution >= 0.6 is 11.6 Å². The number of hydrogen-bond acceptors (Lipinski definition) is 5. The minimum absolute atomic E-state index is 0.198. The van der Waals surface area contributed by atoms with E-state index >= 15 is 0 Å². The molecule has 1 N–H and O–H groups in total. The molecule has 0 amide bonds. The smallest absolute Gasteiger partial charge is 0.223 e. The lowest BCUT2D eigenvalue weighted by molar-refractivity contribution is -0.0455. The minimum Gasteiger partial charge on any atom is -0.223 e. The molecule has 0 saturated heterocycles. The van der Waals surface area contributed by atoms with Gasteiger partial charge in [0.2, 0.25) is 0 Å². The Morgan fingerprint density at radius 2 is 1.65 bits per heavy atom. The van der Waals surface area contributed by atoms with Crippen molar-refractivity contribution in [1.82, 2.24) is 4.72 Å². The first-order chi connectivity index (χ1) is 14.2. The van der Waals surface area contributed by atoms with Gasteiger partial charge in [-0.25, -0.2) is 25.9 Å². The van der Waals surface area contributed by atoms with Crippen LogP contribution in [0.2, 0.25) is 5.02 Å². The summed E-state index contributed by atoms with van der Waals surface area (Å²) in [5.74, 6) is -0.862. The number of nitrogens with one attached hydrogen (secondary N) is 1. The van der Waals surface area contributed by atoms with Gasteiger partial charge in [0.1, 0.15) is 10.6 Å². The average molecular weight is 497 g/mol. The Morgan fingerprint density at radius 1 is 1.06 bits per heavy atom. The molecule has 166 valence electrons. The van der Waals surface area contributed by atoms with Crippen LogP contribution in [0.5, 0.6) is 0 Å². The van der Waals surface area contributed by atoms with E-state index in [1.54, 1.807) is 6.07 Å². The van der Waals surface area contributed by atoms with Crippen LogP contribution in [-0.2, 0) is 24.6 Å². The monoisotopic (exact) mass is 496 g/mol. The molecule has 2 aromatic carbocycles. The number of nitriles is 1. The molecule has 3 rings (SSSR count). The number of rotatable bonds is 5. The zero-order valence-corrected chi connectivity index (χ0v) is 17.7. The third kappa shape index (κ3) is 4.03. The maximum atomic E-state index is 14.0. The van der Waals surface area contributed by atoms with Crippen molar-refractivity contribution in [1.29, 1.82) is 5.26 Å². The Balaban J connectivity index is 2.12. The van der Waals surface area contributed by atoms with Gasteiger partial charge in [0.25, 0.3) is 0 Å². The van der Waals surface area contributed by atoms with Crippen LogP contribution in [-0.4, -0.2) is 28.4 Å². The van der Waals surface area contributed by atoms with Gasteiger partial charge >= 0.3 is 15.5 Å². The van der Waals surface area contributed by atoms with Gasteiger partial charge in [-0.3, -0.25) is 0 Å². The van der Waals surface area contributed by atoms with Crippen molar-refractivity contribution in [3.8, 4) is 6.07 Å². The van der Waals surface area contributed by atoms with Crippen LogP contribution in [0, 0.1) is 17.1 Å². The highest BCUT2D eigenvalue weighted by atomic mass is 35.5. The summed E-state index contributed by atoms with van der Waals surface area (Å²) in [6, 6.07) is 8.04. The summed E-state index contributed by atoms with van der Waals surface area (Å²) in [5, 5.41) is 9.60. The number of alkyl halides is 3. The zero-order chi connectivity index (χ0) is 23.2. The Morgan fingerprint density at radius 3 is 2.16 bits per heavy atom. The Hall–Kier alpha value is -2.20. The summed E-state index contributed by atoms with van der Waals surface area (Å²) >= 11 is 5.78. The van der Waals surface area contributed by atoms with Crippen LogP contribution in [0.4, 0.5) is 17.6 Å². The van der Waals surface area contributed by atoms with E-state index in [2.05, 4.69) is 0 Å². The van der Waals surface area contributed by atoms with Crippen molar-refractivity contribution in [2.45, 2.75) is 34.0 Å². The topological polar surface area (TPSA) is 104 Å². The fourth-order valence-corrected chi connectivity index (χ4v) is 6.63. The number of halogens is 5. The van der Waals surface area contributed by atoms with E-state index < -0.39 is 54.8 Å². The second kappa shape index (κ2) is 7.74. The predicted molar refractivity (Wildman–Crippen MR) is 103 cm³/mol. The van der Waals surface area contributed by atoms with Crippen molar-refractivity contribution in [3.63, 3.8) is 0 Å². The van der Waals surface area contributed by atoms with Crippen molar-refractivity contribution >= 4 is 31.5 Å².